The molecule has 0 aromatic heterocycles. The Labute approximate surface area is 53.8 Å². The zero-order chi connectivity index (χ0) is 5.28. The van der Waals surface area contributed by atoms with Gasteiger partial charge in [0, 0.05) is 6.54 Å². The molecule has 1 N–H and O–H groups in total. The van der Waals surface area contributed by atoms with Crippen molar-refractivity contribution in [1.82, 2.24) is 5.32 Å². The van der Waals surface area contributed by atoms with Crippen molar-refractivity contribution in [2.45, 2.75) is 6.04 Å². The zero-order valence-electron chi connectivity index (χ0n) is 4.51. The molecule has 1 rings (SSSR count). The molecule has 1 saturated heterocycles. The predicted octanol–water partition coefficient (Wildman–Crippen LogP) is -0.447. The van der Waals surface area contributed by atoms with Gasteiger partial charge in [-0.15, -0.1) is 12.4 Å². The maximum Gasteiger partial charge on any atom is 0.324 e. The Morgan fingerprint density at radius 3 is 2.50 bits per heavy atom. The molecule has 0 aliphatic carbocycles. The molecule has 0 unspecified atom stereocenters. The van der Waals surface area contributed by atoms with Crippen molar-refractivity contribution in [2.75, 3.05) is 13.7 Å². The summed E-state index contributed by atoms with van der Waals surface area (Å²) in [5.41, 5.74) is 0. The molecule has 0 radical (unpaired) electrons. The number of nitrogens with one attached hydrogen (secondary N) is 1. The van der Waals surface area contributed by atoms with Crippen LogP contribution < -0.4 is 5.32 Å². The molecular formula is C4H8ClNO2. The molecule has 0 aromatic rings. The third-order valence-corrected chi connectivity index (χ3v) is 0.894. The van der Waals surface area contributed by atoms with Gasteiger partial charge in [0.25, 0.3) is 0 Å². The standard InChI is InChI=1S/C4H7NO2.ClH/c1-7-4(6)3-2-5-3;/h3,5H,2H2,1H3;1H/t3-;/m0./s1. The minimum Gasteiger partial charge on any atom is -0.468 e. The largest absolute Gasteiger partial charge is 0.468 e. The maximum absolute atomic E-state index is 10.3. The Hall–Kier alpha value is -0.280. The van der Waals surface area contributed by atoms with Crippen molar-refractivity contribution in [3.8, 4) is 0 Å². The van der Waals surface area contributed by atoms with Gasteiger partial charge >= 0.3 is 5.97 Å². The molecule has 0 aromatic carbocycles. The molecule has 1 aliphatic rings. The van der Waals surface area contributed by atoms with Crippen molar-refractivity contribution in [1.29, 1.82) is 0 Å². The highest BCUT2D eigenvalue weighted by molar-refractivity contribution is 5.85. The van der Waals surface area contributed by atoms with Crippen LogP contribution in [-0.4, -0.2) is 25.7 Å². The summed E-state index contributed by atoms with van der Waals surface area (Å²) in [7, 11) is 1.39. The minimum absolute atomic E-state index is 0. The number of hydrogen-bond acceptors (Lipinski definition) is 3. The number of carbonyl (C=O) groups excluding carboxylic acids is 1. The molecule has 0 saturated carbocycles. The predicted molar refractivity (Wildman–Crippen MR) is 31.1 cm³/mol. The van der Waals surface area contributed by atoms with E-state index in [2.05, 4.69) is 10.1 Å². The Kier molecular flexibility index (Phi) is 2.79. The molecule has 0 bridgehead atoms. The molecule has 4 heteroatoms. The van der Waals surface area contributed by atoms with Crippen molar-refractivity contribution in [2.24, 2.45) is 0 Å². The highest BCUT2D eigenvalue weighted by Gasteiger charge is 2.29. The fourth-order valence-electron chi connectivity index (χ4n) is 0.368. The van der Waals surface area contributed by atoms with E-state index in [1.807, 2.05) is 0 Å². The zero-order valence-corrected chi connectivity index (χ0v) is 5.33. The van der Waals surface area contributed by atoms with E-state index in [0.29, 0.717) is 0 Å². The van der Waals surface area contributed by atoms with Gasteiger partial charge in [-0.05, 0) is 0 Å². The highest BCUT2D eigenvalue weighted by Crippen LogP contribution is 1.96. The first-order chi connectivity index (χ1) is 3.34. The normalized spacial score (nSPS) is 23.4. The van der Waals surface area contributed by atoms with Crippen LogP contribution in [0.15, 0.2) is 0 Å². The number of carbonyl (C=O) groups is 1. The van der Waals surface area contributed by atoms with E-state index in [4.69, 9.17) is 0 Å². The third-order valence-electron chi connectivity index (χ3n) is 0.894. The Bertz CT molecular complexity index is 92.0. The average Bonchev–Trinajstić information content (AvgIpc) is 2.44. The Morgan fingerprint density at radius 2 is 2.38 bits per heavy atom. The lowest BCUT2D eigenvalue weighted by atomic mass is 10.5. The van der Waals surface area contributed by atoms with Crippen LogP contribution in [0.2, 0.25) is 0 Å². The molecule has 8 heavy (non-hydrogen) atoms. The molecule has 1 aliphatic heterocycles. The number of halogens is 1. The second-order valence-electron chi connectivity index (χ2n) is 1.48. The topological polar surface area (TPSA) is 48.2 Å². The van der Waals surface area contributed by atoms with E-state index in [-0.39, 0.29) is 24.4 Å². The first kappa shape index (κ1) is 7.72. The van der Waals surface area contributed by atoms with Gasteiger partial charge in [-0.2, -0.15) is 0 Å². The smallest absolute Gasteiger partial charge is 0.324 e. The molecular weight excluding hydrogens is 130 g/mol. The van der Waals surface area contributed by atoms with E-state index in [9.17, 15) is 4.79 Å². The number of rotatable bonds is 1. The summed E-state index contributed by atoms with van der Waals surface area (Å²) in [6.07, 6.45) is 0. The van der Waals surface area contributed by atoms with Crippen LogP contribution in [0.4, 0.5) is 0 Å². The third kappa shape index (κ3) is 1.68. The van der Waals surface area contributed by atoms with Crippen LogP contribution in [0, 0.1) is 0 Å². The molecule has 1 heterocycles. The summed E-state index contributed by atoms with van der Waals surface area (Å²) in [5.74, 6) is -0.153. The lowest BCUT2D eigenvalue weighted by molar-refractivity contribution is -0.139. The van der Waals surface area contributed by atoms with Gasteiger partial charge in [0.15, 0.2) is 0 Å². The summed E-state index contributed by atoms with van der Waals surface area (Å²) in [5, 5.41) is 2.81. The molecule has 1 fully saturated rings. The van der Waals surface area contributed by atoms with E-state index >= 15 is 0 Å². The number of hydrogen-bond donors (Lipinski definition) is 1. The van der Waals surface area contributed by atoms with Crippen molar-refractivity contribution in [3.05, 3.63) is 0 Å². The Balaban J connectivity index is 0.000000490. The van der Waals surface area contributed by atoms with Gasteiger partial charge in [-0.25, -0.2) is 0 Å². The van der Waals surface area contributed by atoms with Gasteiger partial charge < -0.3 is 10.1 Å². The van der Waals surface area contributed by atoms with Crippen molar-refractivity contribution >= 4 is 18.4 Å². The fraction of sp³-hybridized carbons (Fsp3) is 0.750. The second-order valence-corrected chi connectivity index (χ2v) is 1.48. The van der Waals surface area contributed by atoms with Crippen LogP contribution in [0.3, 0.4) is 0 Å². The van der Waals surface area contributed by atoms with Crippen LogP contribution >= 0.6 is 12.4 Å². The van der Waals surface area contributed by atoms with Crippen LogP contribution in [-0.2, 0) is 9.53 Å². The van der Waals surface area contributed by atoms with Gasteiger partial charge in [0.05, 0.1) is 7.11 Å². The fourth-order valence-corrected chi connectivity index (χ4v) is 0.368. The summed E-state index contributed by atoms with van der Waals surface area (Å²) >= 11 is 0. The molecule has 1 atom stereocenters. The van der Waals surface area contributed by atoms with Crippen LogP contribution in [0.5, 0.6) is 0 Å². The molecule has 3 nitrogen and oxygen atoms in total. The SMILES string of the molecule is COC(=O)[C@@H]1CN1.Cl. The maximum atomic E-state index is 10.3. The minimum atomic E-state index is -0.153. The van der Waals surface area contributed by atoms with Gasteiger partial charge in [-0.3, -0.25) is 4.79 Å². The summed E-state index contributed by atoms with van der Waals surface area (Å²) in [6, 6.07) is 0.00463. The van der Waals surface area contributed by atoms with E-state index < -0.39 is 0 Å². The lowest BCUT2D eigenvalue weighted by Crippen LogP contribution is -2.10. The summed E-state index contributed by atoms with van der Waals surface area (Å²) in [6.45, 7) is 0.784. The highest BCUT2D eigenvalue weighted by atomic mass is 35.5. The number of methoxy groups -OCH3 is 1. The lowest BCUT2D eigenvalue weighted by Gasteiger charge is -1.88. The monoisotopic (exact) mass is 137 g/mol. The van der Waals surface area contributed by atoms with Crippen LogP contribution in [0.1, 0.15) is 0 Å². The quantitative estimate of drug-likeness (QED) is 0.394. The first-order valence-corrected chi connectivity index (χ1v) is 2.16. The molecule has 0 spiro atoms. The second kappa shape index (κ2) is 2.89. The average molecular weight is 138 g/mol. The van der Waals surface area contributed by atoms with E-state index in [1.54, 1.807) is 0 Å². The molecule has 0 amide bonds. The van der Waals surface area contributed by atoms with Crippen molar-refractivity contribution in [3.63, 3.8) is 0 Å². The van der Waals surface area contributed by atoms with Crippen molar-refractivity contribution < 1.29 is 9.53 Å². The van der Waals surface area contributed by atoms with Gasteiger partial charge in [0.1, 0.15) is 6.04 Å². The van der Waals surface area contributed by atoms with Gasteiger partial charge in [0.2, 0.25) is 0 Å². The summed E-state index contributed by atoms with van der Waals surface area (Å²) < 4.78 is 4.37. The van der Waals surface area contributed by atoms with E-state index in [0.717, 1.165) is 6.54 Å². The van der Waals surface area contributed by atoms with E-state index in [1.165, 1.54) is 7.11 Å². The first-order valence-electron chi connectivity index (χ1n) is 2.16. The Morgan fingerprint density at radius 1 is 1.88 bits per heavy atom. The number of esters is 1. The van der Waals surface area contributed by atoms with Gasteiger partial charge in [-0.1, -0.05) is 0 Å². The summed E-state index contributed by atoms with van der Waals surface area (Å²) in [4.78, 5) is 10.3. The van der Waals surface area contributed by atoms with Crippen LogP contribution in [0.25, 0.3) is 0 Å². The molecule has 48 valence electrons. The number of ether oxygens (including phenoxy) is 1.